The summed E-state index contributed by atoms with van der Waals surface area (Å²) < 4.78 is 45.2. The summed E-state index contributed by atoms with van der Waals surface area (Å²) in [4.78, 5) is 13.9. The number of carbonyl (C=O) groups excluding carboxylic acids is 1. The zero-order valence-electron chi connectivity index (χ0n) is 13.0. The first-order valence-corrected chi connectivity index (χ1v) is 6.93. The van der Waals surface area contributed by atoms with Crippen LogP contribution >= 0.6 is 13.5 Å². The molecule has 2 aromatic rings. The highest BCUT2D eigenvalue weighted by Gasteiger charge is 2.36. The molecule has 1 aliphatic rings. The number of nitrogens with zero attached hydrogens (tertiary/aromatic N) is 3. The fourth-order valence-corrected chi connectivity index (χ4v) is 2.70. The van der Waals surface area contributed by atoms with E-state index in [1.54, 1.807) is 10.7 Å². The van der Waals surface area contributed by atoms with Crippen LogP contribution in [-0.2, 0) is 6.18 Å². The van der Waals surface area contributed by atoms with Crippen LogP contribution in [0.4, 0.5) is 18.9 Å². The Kier molecular flexibility index (Phi) is 4.84. The van der Waals surface area contributed by atoms with E-state index in [1.807, 2.05) is 6.92 Å². The number of amides is 1. The number of halogens is 3. The van der Waals surface area contributed by atoms with E-state index in [2.05, 4.69) is 5.10 Å². The number of methoxy groups -OCH3 is 1. The van der Waals surface area contributed by atoms with Crippen LogP contribution in [0.3, 0.4) is 0 Å². The number of fused-ring (bicyclic) bond motifs is 1. The van der Waals surface area contributed by atoms with Crippen molar-refractivity contribution >= 4 is 25.1 Å². The maximum atomic E-state index is 12.9. The molecule has 130 valence electrons. The minimum Gasteiger partial charge on any atom is -0.496 e. The van der Waals surface area contributed by atoms with Crippen LogP contribution in [0.5, 0.6) is 5.75 Å². The Balaban J connectivity index is 0.00000208. The monoisotopic (exact) mass is 359 g/mol. The SMILES string of the molecule is COc1cc(N2C[C@H](C)n3nccc3C2=O)ccc1C(F)(F)F.S. The van der Waals surface area contributed by atoms with Crippen molar-refractivity contribution in [2.45, 2.75) is 19.1 Å². The standard InChI is InChI=1S/C15H14F3N3O2.H2S/c1-9-8-20(14(22)12-5-6-19-21(9)12)10-3-4-11(15(16,17)18)13(7-10)23-2;/h3-7,9H,8H2,1-2H3;1H2/t9-;/m0./s1. The highest BCUT2D eigenvalue weighted by atomic mass is 32.1. The maximum Gasteiger partial charge on any atom is 0.419 e. The third-order valence-corrected chi connectivity index (χ3v) is 3.80. The fourth-order valence-electron chi connectivity index (χ4n) is 2.70. The number of benzene rings is 1. The molecule has 0 unspecified atom stereocenters. The van der Waals surface area contributed by atoms with Crippen molar-refractivity contribution in [2.75, 3.05) is 18.6 Å². The van der Waals surface area contributed by atoms with Gasteiger partial charge in [-0.15, -0.1) is 0 Å². The quantitative estimate of drug-likeness (QED) is 0.827. The van der Waals surface area contributed by atoms with Crippen LogP contribution in [0.2, 0.25) is 0 Å². The molecule has 5 nitrogen and oxygen atoms in total. The van der Waals surface area contributed by atoms with E-state index >= 15 is 0 Å². The van der Waals surface area contributed by atoms with Gasteiger partial charge in [0.15, 0.2) is 0 Å². The highest BCUT2D eigenvalue weighted by Crippen LogP contribution is 2.39. The van der Waals surface area contributed by atoms with Crippen molar-refractivity contribution in [3.63, 3.8) is 0 Å². The predicted molar refractivity (Wildman–Crippen MR) is 87.0 cm³/mol. The molecule has 0 N–H and O–H groups in total. The second-order valence-electron chi connectivity index (χ2n) is 5.31. The molecule has 1 aliphatic heterocycles. The molecule has 2 heterocycles. The average Bonchev–Trinajstić information content (AvgIpc) is 2.99. The summed E-state index contributed by atoms with van der Waals surface area (Å²) >= 11 is 0. The van der Waals surface area contributed by atoms with E-state index < -0.39 is 11.7 Å². The third-order valence-electron chi connectivity index (χ3n) is 3.80. The van der Waals surface area contributed by atoms with Crippen LogP contribution in [0, 0.1) is 0 Å². The predicted octanol–water partition coefficient (Wildman–Crippen LogP) is 3.24. The second kappa shape index (κ2) is 6.39. The zero-order valence-corrected chi connectivity index (χ0v) is 14.0. The lowest BCUT2D eigenvalue weighted by Crippen LogP contribution is -2.42. The van der Waals surface area contributed by atoms with Gasteiger partial charge in [-0.3, -0.25) is 9.48 Å². The Morgan fingerprint density at radius 2 is 2.00 bits per heavy atom. The number of alkyl halides is 3. The molecule has 0 radical (unpaired) electrons. The summed E-state index contributed by atoms with van der Waals surface area (Å²) in [5, 5.41) is 4.09. The Bertz CT molecular complexity index is 761. The van der Waals surface area contributed by atoms with Crippen molar-refractivity contribution in [1.29, 1.82) is 0 Å². The van der Waals surface area contributed by atoms with Crippen LogP contribution in [0.1, 0.15) is 29.0 Å². The van der Waals surface area contributed by atoms with E-state index in [-0.39, 0.29) is 31.2 Å². The summed E-state index contributed by atoms with van der Waals surface area (Å²) in [6.45, 7) is 2.21. The molecule has 0 saturated heterocycles. The second-order valence-corrected chi connectivity index (χ2v) is 5.31. The van der Waals surface area contributed by atoms with Gasteiger partial charge in [0, 0.05) is 24.5 Å². The van der Waals surface area contributed by atoms with E-state index in [0.29, 0.717) is 17.9 Å². The number of anilines is 1. The molecule has 0 aliphatic carbocycles. The van der Waals surface area contributed by atoms with Crippen LogP contribution in [0.15, 0.2) is 30.5 Å². The lowest BCUT2D eigenvalue weighted by molar-refractivity contribution is -0.138. The van der Waals surface area contributed by atoms with Crippen molar-refractivity contribution in [3.8, 4) is 5.75 Å². The lowest BCUT2D eigenvalue weighted by Gasteiger charge is -2.32. The van der Waals surface area contributed by atoms with Gasteiger partial charge in [-0.05, 0) is 25.1 Å². The summed E-state index contributed by atoms with van der Waals surface area (Å²) in [6, 6.07) is 4.96. The van der Waals surface area contributed by atoms with E-state index in [0.717, 1.165) is 6.07 Å². The van der Waals surface area contributed by atoms with E-state index in [1.165, 1.54) is 30.3 Å². The minimum atomic E-state index is -4.51. The van der Waals surface area contributed by atoms with Gasteiger partial charge >= 0.3 is 6.18 Å². The van der Waals surface area contributed by atoms with Gasteiger partial charge in [-0.2, -0.15) is 31.8 Å². The van der Waals surface area contributed by atoms with Gasteiger partial charge in [0.25, 0.3) is 5.91 Å². The van der Waals surface area contributed by atoms with Gasteiger partial charge in [0.05, 0.1) is 18.7 Å². The molecular formula is C15H16F3N3O2S. The first kappa shape index (κ1) is 18.2. The van der Waals surface area contributed by atoms with Crippen molar-refractivity contribution < 1.29 is 22.7 Å². The fraction of sp³-hybridized carbons (Fsp3) is 0.333. The summed E-state index contributed by atoms with van der Waals surface area (Å²) in [5.74, 6) is -0.614. The van der Waals surface area contributed by atoms with Gasteiger partial charge in [0.2, 0.25) is 0 Å². The van der Waals surface area contributed by atoms with Crippen LogP contribution < -0.4 is 9.64 Å². The number of ether oxygens (including phenoxy) is 1. The number of hydrogen-bond acceptors (Lipinski definition) is 3. The van der Waals surface area contributed by atoms with Crippen LogP contribution in [0.25, 0.3) is 0 Å². The van der Waals surface area contributed by atoms with E-state index in [9.17, 15) is 18.0 Å². The molecule has 24 heavy (non-hydrogen) atoms. The minimum absolute atomic E-state index is 0. The Morgan fingerprint density at radius 3 is 2.62 bits per heavy atom. The third kappa shape index (κ3) is 2.95. The molecule has 1 atom stereocenters. The molecule has 9 heteroatoms. The highest BCUT2D eigenvalue weighted by molar-refractivity contribution is 7.59. The molecule has 0 bridgehead atoms. The van der Waals surface area contributed by atoms with Crippen LogP contribution in [-0.4, -0.2) is 29.3 Å². The molecule has 1 aromatic carbocycles. The van der Waals surface area contributed by atoms with Gasteiger partial charge in [-0.25, -0.2) is 0 Å². The summed E-state index contributed by atoms with van der Waals surface area (Å²) in [7, 11) is 1.17. The molecule has 0 spiro atoms. The Morgan fingerprint density at radius 1 is 1.29 bits per heavy atom. The zero-order chi connectivity index (χ0) is 16.8. The maximum absolute atomic E-state index is 12.9. The topological polar surface area (TPSA) is 47.4 Å². The number of carbonyl (C=O) groups is 1. The van der Waals surface area contributed by atoms with Crippen molar-refractivity contribution in [2.24, 2.45) is 0 Å². The first-order chi connectivity index (χ1) is 10.8. The molecular weight excluding hydrogens is 343 g/mol. The smallest absolute Gasteiger partial charge is 0.419 e. The first-order valence-electron chi connectivity index (χ1n) is 6.93. The number of hydrogen-bond donors (Lipinski definition) is 0. The molecule has 0 fully saturated rings. The van der Waals surface area contributed by atoms with Crippen molar-refractivity contribution in [3.05, 3.63) is 41.7 Å². The summed E-state index contributed by atoms with van der Waals surface area (Å²) in [5.41, 5.74) is -0.104. The summed E-state index contributed by atoms with van der Waals surface area (Å²) in [6.07, 6.45) is -2.98. The molecule has 3 rings (SSSR count). The molecule has 1 aromatic heterocycles. The Labute approximate surface area is 143 Å². The average molecular weight is 359 g/mol. The van der Waals surface area contributed by atoms with Gasteiger partial charge in [0.1, 0.15) is 11.4 Å². The molecule has 0 saturated carbocycles. The number of aromatic nitrogens is 2. The molecule has 1 amide bonds. The Hall–Kier alpha value is -2.16. The van der Waals surface area contributed by atoms with Crippen molar-refractivity contribution in [1.82, 2.24) is 9.78 Å². The lowest BCUT2D eigenvalue weighted by atomic mass is 10.1. The van der Waals surface area contributed by atoms with Gasteiger partial charge < -0.3 is 9.64 Å². The normalized spacial score (nSPS) is 17.3. The largest absolute Gasteiger partial charge is 0.496 e. The van der Waals surface area contributed by atoms with Gasteiger partial charge in [-0.1, -0.05) is 0 Å². The van der Waals surface area contributed by atoms with E-state index in [4.69, 9.17) is 4.74 Å². The number of rotatable bonds is 2.